The molecule has 0 spiro atoms. The number of benzene rings is 2. The number of halogens is 2. The molecule has 2 aromatic rings. The lowest BCUT2D eigenvalue weighted by atomic mass is 10.2. The van der Waals surface area contributed by atoms with Crippen molar-refractivity contribution in [2.24, 2.45) is 0 Å². The summed E-state index contributed by atoms with van der Waals surface area (Å²) in [5, 5.41) is 13.5. The van der Waals surface area contributed by atoms with Gasteiger partial charge in [0.15, 0.2) is 0 Å². The van der Waals surface area contributed by atoms with Gasteiger partial charge in [0.05, 0.1) is 12.0 Å². The lowest BCUT2D eigenvalue weighted by Crippen LogP contribution is -2.05. The maximum Gasteiger partial charge on any atom is 0.327 e. The number of hydrogen-bond donors (Lipinski definition) is 1. The van der Waals surface area contributed by atoms with Gasteiger partial charge in [-0.25, -0.2) is 4.39 Å². The van der Waals surface area contributed by atoms with Crippen molar-refractivity contribution in [3.8, 4) is 5.75 Å². The van der Waals surface area contributed by atoms with Crippen molar-refractivity contribution in [3.05, 3.63) is 63.7 Å². The fourth-order valence-corrected chi connectivity index (χ4v) is 1.87. The topological polar surface area (TPSA) is 64.4 Å². The van der Waals surface area contributed by atoms with Crippen LogP contribution in [0.15, 0.2) is 36.4 Å². The number of methoxy groups -OCH3 is 1. The summed E-state index contributed by atoms with van der Waals surface area (Å²) in [6.45, 7) is 0.168. The fraction of sp³-hybridized carbons (Fsp3) is 0.143. The van der Waals surface area contributed by atoms with E-state index in [0.29, 0.717) is 11.8 Å². The van der Waals surface area contributed by atoms with Crippen LogP contribution in [0.5, 0.6) is 5.75 Å². The first kappa shape index (κ1) is 14.7. The van der Waals surface area contributed by atoms with E-state index in [-0.39, 0.29) is 12.2 Å². The van der Waals surface area contributed by atoms with Crippen molar-refractivity contribution in [2.45, 2.75) is 6.54 Å². The monoisotopic (exact) mass is 294 g/mol. The molecule has 1 N–H and O–H groups in total. The molecule has 2 aromatic carbocycles. The molecule has 0 saturated carbocycles. The zero-order chi connectivity index (χ0) is 15.4. The first-order chi connectivity index (χ1) is 10.0. The predicted molar refractivity (Wildman–Crippen MR) is 73.3 cm³/mol. The van der Waals surface area contributed by atoms with Gasteiger partial charge in [-0.15, -0.1) is 0 Å². The Labute approximate surface area is 119 Å². The van der Waals surface area contributed by atoms with Crippen LogP contribution >= 0.6 is 0 Å². The zero-order valence-electron chi connectivity index (χ0n) is 11.1. The summed E-state index contributed by atoms with van der Waals surface area (Å²) in [6, 6.07) is 8.34. The number of ether oxygens (including phenoxy) is 1. The lowest BCUT2D eigenvalue weighted by molar-refractivity contribution is -0.386. The van der Waals surface area contributed by atoms with Gasteiger partial charge in [-0.2, -0.15) is 4.39 Å². The molecule has 0 aliphatic carbocycles. The van der Waals surface area contributed by atoms with Gasteiger partial charge in [-0.05, 0) is 17.7 Å². The Morgan fingerprint density at radius 1 is 1.29 bits per heavy atom. The molecule has 2 rings (SSSR count). The number of nitrogens with one attached hydrogen (secondary N) is 1. The van der Waals surface area contributed by atoms with Crippen LogP contribution < -0.4 is 10.1 Å². The molecule has 0 saturated heterocycles. The Balaban J connectivity index is 2.25. The van der Waals surface area contributed by atoms with E-state index in [2.05, 4.69) is 5.32 Å². The SMILES string of the molecule is COc1cccc(CNc2cc(F)cc(F)c2[N+](=O)[O-])c1. The van der Waals surface area contributed by atoms with Gasteiger partial charge in [-0.1, -0.05) is 12.1 Å². The molecule has 0 radical (unpaired) electrons. The molecule has 0 amide bonds. The molecular weight excluding hydrogens is 282 g/mol. The molecule has 110 valence electrons. The second-order valence-electron chi connectivity index (χ2n) is 4.25. The Bertz CT molecular complexity index is 677. The van der Waals surface area contributed by atoms with Gasteiger partial charge < -0.3 is 10.1 Å². The van der Waals surface area contributed by atoms with Gasteiger partial charge in [0.25, 0.3) is 0 Å². The molecular formula is C14H12F2N2O3. The number of hydrogen-bond acceptors (Lipinski definition) is 4. The summed E-state index contributed by atoms with van der Waals surface area (Å²) in [6.07, 6.45) is 0. The van der Waals surface area contributed by atoms with Crippen LogP contribution in [0.3, 0.4) is 0 Å². The second-order valence-corrected chi connectivity index (χ2v) is 4.25. The molecule has 0 aromatic heterocycles. The van der Waals surface area contributed by atoms with E-state index in [1.165, 1.54) is 7.11 Å². The highest BCUT2D eigenvalue weighted by Gasteiger charge is 2.21. The van der Waals surface area contributed by atoms with Gasteiger partial charge in [0.2, 0.25) is 5.82 Å². The van der Waals surface area contributed by atoms with Crippen LogP contribution in [0.1, 0.15) is 5.56 Å². The van der Waals surface area contributed by atoms with Gasteiger partial charge >= 0.3 is 5.69 Å². The third-order valence-corrected chi connectivity index (χ3v) is 2.83. The average molecular weight is 294 g/mol. The number of nitrogens with zero attached hydrogens (tertiary/aromatic N) is 1. The molecule has 5 nitrogen and oxygen atoms in total. The Morgan fingerprint density at radius 3 is 2.71 bits per heavy atom. The molecule has 0 bridgehead atoms. The quantitative estimate of drug-likeness (QED) is 0.677. The summed E-state index contributed by atoms with van der Waals surface area (Å²) in [4.78, 5) is 9.96. The third kappa shape index (κ3) is 3.44. The minimum absolute atomic E-state index is 0.168. The van der Waals surface area contributed by atoms with Crippen molar-refractivity contribution in [1.82, 2.24) is 0 Å². The molecule has 7 heteroatoms. The van der Waals surface area contributed by atoms with Crippen molar-refractivity contribution in [2.75, 3.05) is 12.4 Å². The summed E-state index contributed by atoms with van der Waals surface area (Å²) in [5.41, 5.74) is -0.229. The van der Waals surface area contributed by atoms with E-state index in [0.717, 1.165) is 11.6 Å². The number of nitro benzene ring substituents is 1. The van der Waals surface area contributed by atoms with Crippen molar-refractivity contribution >= 4 is 11.4 Å². The van der Waals surface area contributed by atoms with Crippen LogP contribution in [-0.4, -0.2) is 12.0 Å². The Morgan fingerprint density at radius 2 is 2.05 bits per heavy atom. The number of anilines is 1. The Kier molecular flexibility index (Phi) is 4.32. The van der Waals surface area contributed by atoms with Gasteiger partial charge in [0, 0.05) is 18.7 Å². The molecule has 0 atom stereocenters. The highest BCUT2D eigenvalue weighted by atomic mass is 19.1. The largest absolute Gasteiger partial charge is 0.497 e. The van der Waals surface area contributed by atoms with Gasteiger partial charge in [-0.3, -0.25) is 10.1 Å². The molecule has 0 aliphatic rings. The summed E-state index contributed by atoms with van der Waals surface area (Å²) in [5.74, 6) is -1.48. The Hall–Kier alpha value is -2.70. The highest BCUT2D eigenvalue weighted by Crippen LogP contribution is 2.29. The molecule has 0 aliphatic heterocycles. The molecule has 0 heterocycles. The minimum atomic E-state index is -1.21. The van der Waals surface area contributed by atoms with Gasteiger partial charge in [0.1, 0.15) is 17.3 Å². The van der Waals surface area contributed by atoms with Crippen LogP contribution in [0.25, 0.3) is 0 Å². The third-order valence-electron chi connectivity index (χ3n) is 2.83. The molecule has 21 heavy (non-hydrogen) atoms. The van der Waals surface area contributed by atoms with E-state index < -0.39 is 22.2 Å². The van der Waals surface area contributed by atoms with Crippen molar-refractivity contribution < 1.29 is 18.4 Å². The maximum atomic E-state index is 13.5. The number of rotatable bonds is 5. The molecule has 0 fully saturated rings. The zero-order valence-corrected chi connectivity index (χ0v) is 11.1. The van der Waals surface area contributed by atoms with Crippen LogP contribution in [0.2, 0.25) is 0 Å². The van der Waals surface area contributed by atoms with Crippen molar-refractivity contribution in [1.29, 1.82) is 0 Å². The number of nitro groups is 1. The van der Waals surface area contributed by atoms with E-state index in [1.807, 2.05) is 0 Å². The van der Waals surface area contributed by atoms with Crippen molar-refractivity contribution in [3.63, 3.8) is 0 Å². The van der Waals surface area contributed by atoms with Crippen LogP contribution in [0.4, 0.5) is 20.2 Å². The average Bonchev–Trinajstić information content (AvgIpc) is 2.44. The fourth-order valence-electron chi connectivity index (χ4n) is 1.87. The summed E-state index contributed by atoms with van der Waals surface area (Å²) >= 11 is 0. The van der Waals surface area contributed by atoms with E-state index >= 15 is 0 Å². The van der Waals surface area contributed by atoms with Crippen LogP contribution in [0, 0.1) is 21.7 Å². The normalized spacial score (nSPS) is 10.2. The predicted octanol–water partition coefficient (Wildman–Crippen LogP) is 3.49. The highest BCUT2D eigenvalue weighted by molar-refractivity contribution is 5.62. The lowest BCUT2D eigenvalue weighted by Gasteiger charge is -2.09. The van der Waals surface area contributed by atoms with Crippen LogP contribution in [-0.2, 0) is 6.54 Å². The first-order valence-corrected chi connectivity index (χ1v) is 6.01. The molecule has 0 unspecified atom stereocenters. The maximum absolute atomic E-state index is 13.5. The van der Waals surface area contributed by atoms with E-state index in [9.17, 15) is 18.9 Å². The summed E-state index contributed by atoms with van der Waals surface area (Å²) < 4.78 is 31.7. The minimum Gasteiger partial charge on any atom is -0.497 e. The van der Waals surface area contributed by atoms with E-state index in [1.54, 1.807) is 24.3 Å². The first-order valence-electron chi connectivity index (χ1n) is 6.01. The summed E-state index contributed by atoms with van der Waals surface area (Å²) in [7, 11) is 1.51. The standard InChI is InChI=1S/C14H12F2N2O3/c1-21-11-4-2-3-9(5-11)8-17-13-7-10(15)6-12(16)14(13)18(19)20/h2-7,17H,8H2,1H3. The second kappa shape index (κ2) is 6.17. The van der Waals surface area contributed by atoms with E-state index in [4.69, 9.17) is 4.74 Å². The smallest absolute Gasteiger partial charge is 0.327 e.